The Balaban J connectivity index is 1.80. The molecule has 134 valence electrons. The minimum Gasteiger partial charge on any atom is -0.481 e. The summed E-state index contributed by atoms with van der Waals surface area (Å²) in [7, 11) is 0. The van der Waals surface area contributed by atoms with E-state index in [1.165, 1.54) is 4.90 Å². The summed E-state index contributed by atoms with van der Waals surface area (Å²) >= 11 is 0. The fourth-order valence-electron chi connectivity index (χ4n) is 4.58. The van der Waals surface area contributed by atoms with Crippen LogP contribution in [0.1, 0.15) is 32.8 Å². The lowest BCUT2D eigenvalue weighted by atomic mass is 9.68. The van der Waals surface area contributed by atoms with Crippen molar-refractivity contribution in [3.63, 3.8) is 0 Å². The van der Waals surface area contributed by atoms with E-state index in [-0.39, 0.29) is 12.5 Å². The summed E-state index contributed by atoms with van der Waals surface area (Å²) < 4.78 is 11.1. The first-order chi connectivity index (χ1) is 11.7. The molecule has 1 unspecified atom stereocenters. The Labute approximate surface area is 146 Å². The first-order valence-electron chi connectivity index (χ1n) is 8.62. The number of hydrogen-bond acceptors (Lipinski definition) is 4. The second-order valence-electron chi connectivity index (χ2n) is 8.37. The van der Waals surface area contributed by atoms with Gasteiger partial charge in [0, 0.05) is 5.41 Å². The highest BCUT2D eigenvalue weighted by atomic mass is 16.6. The van der Waals surface area contributed by atoms with Crippen molar-refractivity contribution in [2.24, 2.45) is 11.3 Å². The molecule has 1 aliphatic carbocycles. The lowest BCUT2D eigenvalue weighted by Gasteiger charge is -2.33. The number of nitrogens with zero attached hydrogens (tertiary/aromatic N) is 1. The molecule has 1 saturated carbocycles. The molecular weight excluding hydrogens is 322 g/mol. The zero-order valence-corrected chi connectivity index (χ0v) is 14.7. The van der Waals surface area contributed by atoms with Gasteiger partial charge in [-0.1, -0.05) is 18.2 Å². The third-order valence-corrected chi connectivity index (χ3v) is 5.79. The van der Waals surface area contributed by atoms with Gasteiger partial charge in [0.1, 0.15) is 11.0 Å². The number of carboxylic acid groups (broad SMARTS) is 1. The molecule has 0 bridgehead atoms. The number of hydrogen-bond donors (Lipinski definition) is 1. The number of aliphatic carboxylic acids is 1. The number of amides is 1. The number of fused-ring (bicyclic) bond motifs is 2. The maximum absolute atomic E-state index is 12.7. The van der Waals surface area contributed by atoms with Crippen LogP contribution in [0.15, 0.2) is 24.3 Å². The Kier molecular flexibility index (Phi) is 3.26. The maximum Gasteiger partial charge on any atom is 0.414 e. The number of carbonyl (C=O) groups is 2. The van der Waals surface area contributed by atoms with Crippen LogP contribution in [0.5, 0.6) is 0 Å². The third-order valence-electron chi connectivity index (χ3n) is 5.79. The maximum atomic E-state index is 12.7. The highest BCUT2D eigenvalue weighted by Crippen LogP contribution is 2.69. The average molecular weight is 345 g/mol. The minimum atomic E-state index is -1.14. The molecule has 3 aliphatic rings. The molecule has 1 aromatic rings. The first-order valence-corrected chi connectivity index (χ1v) is 8.62. The molecule has 0 aromatic heterocycles. The lowest BCUT2D eigenvalue weighted by molar-refractivity contribution is -0.146. The van der Waals surface area contributed by atoms with Crippen LogP contribution in [0.3, 0.4) is 0 Å². The Bertz CT molecular complexity index is 754. The second-order valence-corrected chi connectivity index (χ2v) is 8.37. The Morgan fingerprint density at radius 1 is 1.32 bits per heavy atom. The Morgan fingerprint density at radius 3 is 2.60 bits per heavy atom. The molecule has 3 atom stereocenters. The van der Waals surface area contributed by atoms with Gasteiger partial charge in [0.15, 0.2) is 0 Å². The average Bonchev–Trinajstić information content (AvgIpc) is 2.91. The summed E-state index contributed by atoms with van der Waals surface area (Å²) in [6.07, 6.45) is 0.325. The van der Waals surface area contributed by atoms with Crippen molar-refractivity contribution >= 4 is 17.7 Å². The zero-order valence-electron chi connectivity index (χ0n) is 14.7. The molecule has 2 aliphatic heterocycles. The van der Waals surface area contributed by atoms with Crippen LogP contribution in [0.4, 0.5) is 10.5 Å². The summed E-state index contributed by atoms with van der Waals surface area (Å²) in [4.78, 5) is 26.8. The van der Waals surface area contributed by atoms with Gasteiger partial charge in [0.05, 0.1) is 25.4 Å². The summed E-state index contributed by atoms with van der Waals surface area (Å²) in [5.74, 6) is -0.644. The van der Waals surface area contributed by atoms with Crippen LogP contribution in [0.25, 0.3) is 0 Å². The molecule has 0 radical (unpaired) electrons. The molecule has 1 aromatic carbocycles. The molecule has 1 amide bonds. The van der Waals surface area contributed by atoms with Gasteiger partial charge in [0.25, 0.3) is 0 Å². The minimum absolute atomic E-state index is 0.0937. The van der Waals surface area contributed by atoms with Crippen molar-refractivity contribution < 1.29 is 24.2 Å². The topological polar surface area (TPSA) is 76.1 Å². The van der Waals surface area contributed by atoms with Crippen LogP contribution < -0.4 is 4.90 Å². The van der Waals surface area contributed by atoms with Gasteiger partial charge in [-0.15, -0.1) is 0 Å². The zero-order chi connectivity index (χ0) is 18.0. The molecule has 6 nitrogen and oxygen atoms in total. The van der Waals surface area contributed by atoms with Gasteiger partial charge < -0.3 is 14.6 Å². The van der Waals surface area contributed by atoms with Crippen molar-refractivity contribution in [1.29, 1.82) is 0 Å². The van der Waals surface area contributed by atoms with E-state index >= 15 is 0 Å². The summed E-state index contributed by atoms with van der Waals surface area (Å²) in [6.45, 7) is 6.54. The standard InChI is InChI=1S/C19H23NO5/c1-17(2,3)25-16(23)20-10-19(15(21)22,13-6-4-5-7-14(13)20)18-8-12(18)9-24-11-18/h4-7,12H,8-11H2,1-3H3,(H,21,22)/t12-,18-,19?/m0/s1. The number of carbonyl (C=O) groups excluding carboxylic acids is 1. The number of benzene rings is 1. The monoisotopic (exact) mass is 345 g/mol. The van der Waals surface area contributed by atoms with Crippen LogP contribution >= 0.6 is 0 Å². The number of para-hydroxylation sites is 1. The molecule has 25 heavy (non-hydrogen) atoms. The molecule has 0 spiro atoms. The molecule has 4 rings (SSSR count). The Hall–Kier alpha value is -2.08. The van der Waals surface area contributed by atoms with E-state index in [1.54, 1.807) is 26.8 Å². The number of anilines is 1. The second kappa shape index (κ2) is 4.97. The van der Waals surface area contributed by atoms with E-state index < -0.39 is 28.5 Å². The normalized spacial score (nSPS) is 32.9. The predicted molar refractivity (Wildman–Crippen MR) is 90.7 cm³/mol. The van der Waals surface area contributed by atoms with Crippen molar-refractivity contribution in [2.45, 2.75) is 38.2 Å². The van der Waals surface area contributed by atoms with E-state index in [0.29, 0.717) is 24.5 Å². The van der Waals surface area contributed by atoms with Gasteiger partial charge in [0.2, 0.25) is 0 Å². The van der Waals surface area contributed by atoms with Crippen LogP contribution in [0.2, 0.25) is 0 Å². The fraction of sp³-hybridized carbons (Fsp3) is 0.579. The number of ether oxygens (including phenoxy) is 2. The van der Waals surface area contributed by atoms with E-state index in [1.807, 2.05) is 18.2 Å². The summed E-state index contributed by atoms with van der Waals surface area (Å²) in [6, 6.07) is 7.28. The molecule has 2 heterocycles. The van der Waals surface area contributed by atoms with Gasteiger partial charge >= 0.3 is 12.1 Å². The molecule has 1 N–H and O–H groups in total. The van der Waals surface area contributed by atoms with Gasteiger partial charge in [-0.05, 0) is 44.7 Å². The third kappa shape index (κ3) is 2.13. The van der Waals surface area contributed by atoms with Gasteiger partial charge in [-0.2, -0.15) is 0 Å². The van der Waals surface area contributed by atoms with E-state index in [2.05, 4.69) is 0 Å². The largest absolute Gasteiger partial charge is 0.481 e. The van der Waals surface area contributed by atoms with Crippen LogP contribution in [0, 0.1) is 11.3 Å². The summed E-state index contributed by atoms with van der Waals surface area (Å²) in [5.41, 5.74) is -0.877. The highest BCUT2D eigenvalue weighted by molar-refractivity contribution is 5.98. The van der Waals surface area contributed by atoms with Gasteiger partial charge in [-0.25, -0.2) is 4.79 Å². The van der Waals surface area contributed by atoms with Gasteiger partial charge in [-0.3, -0.25) is 9.69 Å². The number of carboxylic acids is 1. The molecule has 6 heteroatoms. The van der Waals surface area contributed by atoms with E-state index in [0.717, 1.165) is 6.42 Å². The first kappa shape index (κ1) is 16.4. The molecule has 2 fully saturated rings. The predicted octanol–water partition coefficient (Wildman–Crippen LogP) is 2.80. The van der Waals surface area contributed by atoms with Crippen molar-refractivity contribution in [3.8, 4) is 0 Å². The highest BCUT2D eigenvalue weighted by Gasteiger charge is 2.75. The summed E-state index contributed by atoms with van der Waals surface area (Å²) in [5, 5.41) is 10.3. The van der Waals surface area contributed by atoms with Crippen LogP contribution in [-0.2, 0) is 19.7 Å². The van der Waals surface area contributed by atoms with Crippen molar-refractivity contribution in [2.75, 3.05) is 24.7 Å². The smallest absolute Gasteiger partial charge is 0.414 e. The quantitative estimate of drug-likeness (QED) is 0.892. The SMILES string of the molecule is CC(C)(C)OC(=O)N1CC(C(=O)O)([C@@]23COC[C@@H]2C3)c2ccccc21. The van der Waals surface area contributed by atoms with Crippen molar-refractivity contribution in [1.82, 2.24) is 0 Å². The van der Waals surface area contributed by atoms with Crippen LogP contribution in [-0.4, -0.2) is 42.5 Å². The van der Waals surface area contributed by atoms with E-state index in [4.69, 9.17) is 9.47 Å². The number of rotatable bonds is 2. The molecular formula is C19H23NO5. The van der Waals surface area contributed by atoms with E-state index in [9.17, 15) is 14.7 Å². The Morgan fingerprint density at radius 2 is 2.04 bits per heavy atom. The van der Waals surface area contributed by atoms with Crippen molar-refractivity contribution in [3.05, 3.63) is 29.8 Å². The molecule has 1 saturated heterocycles. The lowest BCUT2D eigenvalue weighted by Crippen LogP contribution is -2.51. The fourth-order valence-corrected chi connectivity index (χ4v) is 4.58.